The van der Waals surface area contributed by atoms with Crippen molar-refractivity contribution in [1.82, 2.24) is 10.6 Å². The third-order valence-corrected chi connectivity index (χ3v) is 3.28. The van der Waals surface area contributed by atoms with Gasteiger partial charge in [0, 0.05) is 18.2 Å². The highest BCUT2D eigenvalue weighted by molar-refractivity contribution is 5.93. The Bertz CT molecular complexity index is 674. The fraction of sp³-hybridized carbons (Fsp3) is 0.438. The molecule has 9 heteroatoms. The molecule has 1 atom stereocenters. The smallest absolute Gasteiger partial charge is 0.338 e. The van der Waals surface area contributed by atoms with Gasteiger partial charge in [-0.25, -0.2) is 4.79 Å². The summed E-state index contributed by atoms with van der Waals surface area (Å²) in [7, 11) is 0. The average molecular weight is 351 g/mol. The van der Waals surface area contributed by atoms with E-state index < -0.39 is 29.4 Å². The van der Waals surface area contributed by atoms with Crippen LogP contribution in [0.3, 0.4) is 0 Å². The van der Waals surface area contributed by atoms with Crippen LogP contribution in [-0.2, 0) is 14.3 Å². The molecule has 0 saturated heterocycles. The van der Waals surface area contributed by atoms with E-state index in [0.717, 1.165) is 6.42 Å². The van der Waals surface area contributed by atoms with Crippen molar-refractivity contribution in [3.8, 4) is 0 Å². The highest BCUT2D eigenvalue weighted by Crippen LogP contribution is 2.19. The first-order chi connectivity index (χ1) is 11.8. The Morgan fingerprint density at radius 1 is 1.32 bits per heavy atom. The van der Waals surface area contributed by atoms with Crippen LogP contribution in [0.1, 0.15) is 36.2 Å². The van der Waals surface area contributed by atoms with Gasteiger partial charge in [-0.3, -0.25) is 19.7 Å². The monoisotopic (exact) mass is 351 g/mol. The molecule has 0 aromatic heterocycles. The normalized spacial score (nSPS) is 11.3. The summed E-state index contributed by atoms with van der Waals surface area (Å²) in [6.07, 6.45) is 0.776. The molecule has 1 rings (SSSR count). The number of nitro groups is 1. The second-order valence-corrected chi connectivity index (χ2v) is 5.41. The molecule has 0 heterocycles. The van der Waals surface area contributed by atoms with Crippen LogP contribution in [0.25, 0.3) is 0 Å². The number of hydrogen-bond donors (Lipinski definition) is 2. The minimum Gasteiger partial charge on any atom is -0.452 e. The fourth-order valence-electron chi connectivity index (χ4n) is 1.95. The Balaban J connectivity index is 2.53. The number of rotatable bonds is 8. The van der Waals surface area contributed by atoms with Gasteiger partial charge in [0.25, 0.3) is 11.6 Å². The third-order valence-electron chi connectivity index (χ3n) is 3.28. The number of nitrogens with one attached hydrogen (secondary N) is 2. The van der Waals surface area contributed by atoms with Crippen LogP contribution in [0.4, 0.5) is 5.69 Å². The molecule has 0 radical (unpaired) electrons. The van der Waals surface area contributed by atoms with Crippen LogP contribution in [0.5, 0.6) is 0 Å². The molecule has 136 valence electrons. The maximum absolute atomic E-state index is 11.9. The predicted octanol–water partition coefficient (Wildman–Crippen LogP) is 1.09. The average Bonchev–Trinajstić information content (AvgIpc) is 2.56. The van der Waals surface area contributed by atoms with Crippen LogP contribution in [0.2, 0.25) is 0 Å². The van der Waals surface area contributed by atoms with Crippen molar-refractivity contribution in [1.29, 1.82) is 0 Å². The lowest BCUT2D eigenvalue weighted by atomic mass is 10.1. The van der Waals surface area contributed by atoms with Gasteiger partial charge in [0.15, 0.2) is 6.61 Å². The highest BCUT2D eigenvalue weighted by atomic mass is 16.6. The van der Waals surface area contributed by atoms with Crippen LogP contribution in [-0.4, -0.2) is 41.9 Å². The molecule has 9 nitrogen and oxygen atoms in total. The Kier molecular flexibility index (Phi) is 7.51. The largest absolute Gasteiger partial charge is 0.452 e. The van der Waals surface area contributed by atoms with Crippen molar-refractivity contribution >= 4 is 23.5 Å². The zero-order chi connectivity index (χ0) is 19.0. The van der Waals surface area contributed by atoms with Gasteiger partial charge in [-0.2, -0.15) is 0 Å². The summed E-state index contributed by atoms with van der Waals surface area (Å²) in [5.74, 6) is -1.73. The topological polar surface area (TPSA) is 128 Å². The Morgan fingerprint density at radius 3 is 2.56 bits per heavy atom. The summed E-state index contributed by atoms with van der Waals surface area (Å²) in [6, 6.07) is 3.02. The van der Waals surface area contributed by atoms with Crippen molar-refractivity contribution in [2.45, 2.75) is 33.2 Å². The van der Waals surface area contributed by atoms with Gasteiger partial charge in [-0.15, -0.1) is 0 Å². The van der Waals surface area contributed by atoms with Crippen molar-refractivity contribution in [2.24, 2.45) is 0 Å². The molecule has 0 unspecified atom stereocenters. The molecule has 0 bridgehead atoms. The number of amides is 2. The van der Waals surface area contributed by atoms with Gasteiger partial charge in [0.1, 0.15) is 6.04 Å². The highest BCUT2D eigenvalue weighted by Gasteiger charge is 2.18. The van der Waals surface area contributed by atoms with Crippen LogP contribution < -0.4 is 10.6 Å². The van der Waals surface area contributed by atoms with Crippen LogP contribution in [0.15, 0.2) is 18.2 Å². The Labute approximate surface area is 144 Å². The molecule has 1 aromatic rings. The summed E-state index contributed by atoms with van der Waals surface area (Å²) < 4.78 is 4.85. The Hall–Kier alpha value is -2.97. The molecule has 2 N–H and O–H groups in total. The summed E-state index contributed by atoms with van der Waals surface area (Å²) in [6.45, 7) is 4.87. The molecule has 1 aromatic carbocycles. The van der Waals surface area contributed by atoms with E-state index in [4.69, 9.17) is 4.74 Å². The first kappa shape index (κ1) is 20.1. The van der Waals surface area contributed by atoms with Gasteiger partial charge in [-0.1, -0.05) is 6.92 Å². The lowest BCUT2D eigenvalue weighted by molar-refractivity contribution is -0.385. The summed E-state index contributed by atoms with van der Waals surface area (Å²) in [4.78, 5) is 45.4. The number of nitrogens with zero attached hydrogens (tertiary/aromatic N) is 1. The van der Waals surface area contributed by atoms with Crippen molar-refractivity contribution < 1.29 is 24.0 Å². The standard InChI is InChI=1S/C16H21N3O6/c1-4-7-17-15(21)11(3)18-14(20)9-25-16(22)12-5-6-13(19(23)24)10(2)8-12/h5-6,8,11H,4,7,9H2,1-3H3,(H,17,21)(H,18,20)/t11-/m0/s1. The maximum Gasteiger partial charge on any atom is 0.338 e. The van der Waals surface area contributed by atoms with Crippen molar-refractivity contribution in [3.05, 3.63) is 39.4 Å². The summed E-state index contributed by atoms with van der Waals surface area (Å²) in [5.41, 5.74) is 0.302. The lowest BCUT2D eigenvalue weighted by Gasteiger charge is -2.13. The SMILES string of the molecule is CCCNC(=O)[C@H](C)NC(=O)COC(=O)c1ccc([N+](=O)[O-])c(C)c1. The first-order valence-corrected chi connectivity index (χ1v) is 7.75. The second kappa shape index (κ2) is 9.36. The van der Waals surface area contributed by atoms with E-state index in [2.05, 4.69) is 10.6 Å². The van der Waals surface area contributed by atoms with Gasteiger partial charge in [-0.05, 0) is 32.4 Å². The second-order valence-electron chi connectivity index (χ2n) is 5.41. The molecule has 0 fully saturated rings. The van der Waals surface area contributed by atoms with Gasteiger partial charge >= 0.3 is 5.97 Å². The predicted molar refractivity (Wildman–Crippen MR) is 89.0 cm³/mol. The third kappa shape index (κ3) is 6.21. The van der Waals surface area contributed by atoms with E-state index in [0.29, 0.717) is 12.1 Å². The number of hydrogen-bond acceptors (Lipinski definition) is 6. The van der Waals surface area contributed by atoms with E-state index in [1.807, 2.05) is 6.92 Å². The molecule has 25 heavy (non-hydrogen) atoms. The lowest BCUT2D eigenvalue weighted by Crippen LogP contribution is -2.46. The summed E-state index contributed by atoms with van der Waals surface area (Å²) in [5, 5.41) is 15.8. The van der Waals surface area contributed by atoms with Gasteiger partial charge in [0.2, 0.25) is 5.91 Å². The molecular weight excluding hydrogens is 330 g/mol. The number of esters is 1. The number of aryl methyl sites for hydroxylation is 1. The number of nitro benzene ring substituents is 1. The Morgan fingerprint density at radius 2 is 2.00 bits per heavy atom. The van der Waals surface area contributed by atoms with Crippen LogP contribution in [0, 0.1) is 17.0 Å². The van der Waals surface area contributed by atoms with E-state index in [1.54, 1.807) is 0 Å². The van der Waals surface area contributed by atoms with E-state index in [-0.39, 0.29) is 17.2 Å². The number of benzene rings is 1. The number of carbonyl (C=O) groups is 3. The molecule has 0 saturated carbocycles. The van der Waals surface area contributed by atoms with Crippen LogP contribution >= 0.6 is 0 Å². The molecule has 0 aliphatic heterocycles. The molecular formula is C16H21N3O6. The molecule has 0 aliphatic carbocycles. The quantitative estimate of drug-likeness (QED) is 0.410. The van der Waals surface area contributed by atoms with Crippen molar-refractivity contribution in [2.75, 3.05) is 13.2 Å². The van der Waals surface area contributed by atoms with Gasteiger partial charge < -0.3 is 15.4 Å². The number of carbonyl (C=O) groups excluding carboxylic acids is 3. The van der Waals surface area contributed by atoms with E-state index in [9.17, 15) is 24.5 Å². The van der Waals surface area contributed by atoms with E-state index >= 15 is 0 Å². The molecule has 2 amide bonds. The molecule has 0 aliphatic rings. The minimum absolute atomic E-state index is 0.102. The summed E-state index contributed by atoms with van der Waals surface area (Å²) >= 11 is 0. The van der Waals surface area contributed by atoms with E-state index in [1.165, 1.54) is 32.0 Å². The molecule has 0 spiro atoms. The van der Waals surface area contributed by atoms with Gasteiger partial charge in [0.05, 0.1) is 10.5 Å². The fourth-order valence-corrected chi connectivity index (χ4v) is 1.95. The van der Waals surface area contributed by atoms with Crippen molar-refractivity contribution in [3.63, 3.8) is 0 Å². The number of ether oxygens (including phenoxy) is 1. The minimum atomic E-state index is -0.781. The zero-order valence-corrected chi connectivity index (χ0v) is 14.3. The maximum atomic E-state index is 11.9. The first-order valence-electron chi connectivity index (χ1n) is 7.75. The zero-order valence-electron chi connectivity index (χ0n) is 14.3.